The van der Waals surface area contributed by atoms with Gasteiger partial charge in [-0.2, -0.15) is 0 Å². The number of rotatable bonds is 4. The van der Waals surface area contributed by atoms with Crippen LogP contribution in [0.5, 0.6) is 0 Å². The fourth-order valence-electron chi connectivity index (χ4n) is 2.01. The van der Waals surface area contributed by atoms with Crippen LogP contribution in [0.2, 0.25) is 0 Å². The minimum atomic E-state index is 0.560. The van der Waals surface area contributed by atoms with Gasteiger partial charge in [0, 0.05) is 35.8 Å². The Morgan fingerprint density at radius 3 is 2.58 bits per heavy atom. The van der Waals surface area contributed by atoms with Crippen molar-refractivity contribution in [3.8, 4) is 11.1 Å². The number of hydrogen-bond acceptors (Lipinski definition) is 4. The summed E-state index contributed by atoms with van der Waals surface area (Å²) >= 11 is 0. The highest BCUT2D eigenvalue weighted by atomic mass is 16.1. The highest BCUT2D eigenvalue weighted by molar-refractivity contribution is 5.92. The molecule has 0 aliphatic rings. The number of nitrogen functional groups attached to an aromatic ring is 1. The lowest BCUT2D eigenvalue weighted by Crippen LogP contribution is -1.96. The summed E-state index contributed by atoms with van der Waals surface area (Å²) in [5.41, 5.74) is 10.2. The lowest BCUT2D eigenvalue weighted by molar-refractivity contribution is 0.112. The minimum absolute atomic E-state index is 0.560. The van der Waals surface area contributed by atoms with Crippen molar-refractivity contribution in [3.63, 3.8) is 0 Å². The molecule has 0 aromatic heterocycles. The van der Waals surface area contributed by atoms with E-state index in [1.165, 1.54) is 6.21 Å². The molecule has 4 heteroatoms. The first-order chi connectivity index (χ1) is 9.19. The van der Waals surface area contributed by atoms with E-state index in [9.17, 15) is 4.79 Å². The molecule has 2 aromatic rings. The maximum absolute atomic E-state index is 11.1. The molecule has 0 unspecified atom stereocenters. The molecular weight excluding hydrogens is 238 g/mol. The van der Waals surface area contributed by atoms with Gasteiger partial charge >= 0.3 is 0 Å². The zero-order valence-corrected chi connectivity index (χ0v) is 10.6. The van der Waals surface area contributed by atoms with Crippen LogP contribution in [0.15, 0.2) is 36.4 Å². The fourth-order valence-corrected chi connectivity index (χ4v) is 2.01. The molecule has 0 atom stereocenters. The van der Waals surface area contributed by atoms with Crippen LogP contribution in [-0.2, 0) is 0 Å². The number of aldehydes is 1. The molecule has 0 bridgehead atoms. The van der Waals surface area contributed by atoms with Gasteiger partial charge in [0.1, 0.15) is 0 Å². The molecule has 0 spiro atoms. The summed E-state index contributed by atoms with van der Waals surface area (Å²) in [6.07, 6.45) is 2.09. The number of nitrogens with two attached hydrogens (primary N) is 1. The second kappa shape index (κ2) is 5.35. The van der Waals surface area contributed by atoms with E-state index in [4.69, 9.17) is 11.1 Å². The molecule has 4 N–H and O–H groups in total. The molecule has 4 nitrogen and oxygen atoms in total. The van der Waals surface area contributed by atoms with Crippen molar-refractivity contribution in [2.75, 3.05) is 18.1 Å². The lowest BCUT2D eigenvalue weighted by Gasteiger charge is -2.10. The van der Waals surface area contributed by atoms with Crippen molar-refractivity contribution in [3.05, 3.63) is 47.5 Å². The molecule has 0 aliphatic heterocycles. The largest absolute Gasteiger partial charge is 0.399 e. The average molecular weight is 253 g/mol. The number of carbonyl (C=O) groups excluding carboxylic acids is 1. The third-order valence-electron chi connectivity index (χ3n) is 2.99. The van der Waals surface area contributed by atoms with Crippen LogP contribution in [0.1, 0.15) is 15.9 Å². The fraction of sp³-hybridized carbons (Fsp3) is 0.0667. The van der Waals surface area contributed by atoms with Crippen molar-refractivity contribution >= 4 is 23.9 Å². The monoisotopic (exact) mass is 253 g/mol. The van der Waals surface area contributed by atoms with Crippen molar-refractivity contribution in [2.45, 2.75) is 0 Å². The van der Waals surface area contributed by atoms with Gasteiger partial charge < -0.3 is 16.5 Å². The Hall–Kier alpha value is -2.62. The van der Waals surface area contributed by atoms with Crippen LogP contribution < -0.4 is 11.1 Å². The number of benzene rings is 2. The molecule has 19 heavy (non-hydrogen) atoms. The number of anilines is 2. The summed E-state index contributed by atoms with van der Waals surface area (Å²) in [5, 5.41) is 10.4. The van der Waals surface area contributed by atoms with Gasteiger partial charge in [0.2, 0.25) is 0 Å². The Morgan fingerprint density at radius 1 is 1.16 bits per heavy atom. The topological polar surface area (TPSA) is 79.0 Å². The van der Waals surface area contributed by atoms with Gasteiger partial charge in [-0.05, 0) is 29.3 Å². The van der Waals surface area contributed by atoms with Crippen LogP contribution >= 0.6 is 0 Å². The first kappa shape index (κ1) is 12.8. The summed E-state index contributed by atoms with van der Waals surface area (Å²) in [6, 6.07) is 10.9. The SMILES string of the molecule is CNc1cc(-c2ccc(N)cc2C=O)ccc1C=N. The van der Waals surface area contributed by atoms with Gasteiger partial charge in [-0.25, -0.2) is 0 Å². The Kier molecular flexibility index (Phi) is 3.61. The van der Waals surface area contributed by atoms with Gasteiger partial charge in [-0.15, -0.1) is 0 Å². The van der Waals surface area contributed by atoms with Crippen LogP contribution in [0.25, 0.3) is 11.1 Å². The molecule has 2 rings (SSSR count). The highest BCUT2D eigenvalue weighted by Gasteiger charge is 2.07. The van der Waals surface area contributed by atoms with E-state index in [-0.39, 0.29) is 0 Å². The Balaban J connectivity index is 2.59. The van der Waals surface area contributed by atoms with E-state index < -0.39 is 0 Å². The van der Waals surface area contributed by atoms with Crippen LogP contribution in [0, 0.1) is 5.41 Å². The zero-order chi connectivity index (χ0) is 13.8. The second-order valence-corrected chi connectivity index (χ2v) is 4.16. The van der Waals surface area contributed by atoms with Crippen LogP contribution in [0.3, 0.4) is 0 Å². The second-order valence-electron chi connectivity index (χ2n) is 4.16. The third kappa shape index (κ3) is 2.47. The van der Waals surface area contributed by atoms with Gasteiger partial charge in [-0.3, -0.25) is 4.79 Å². The van der Waals surface area contributed by atoms with E-state index in [0.29, 0.717) is 11.3 Å². The summed E-state index contributed by atoms with van der Waals surface area (Å²) < 4.78 is 0. The molecule has 0 saturated heterocycles. The quantitative estimate of drug-likeness (QED) is 0.445. The van der Waals surface area contributed by atoms with Crippen molar-refractivity contribution in [2.24, 2.45) is 0 Å². The minimum Gasteiger partial charge on any atom is -0.399 e. The van der Waals surface area contributed by atoms with E-state index >= 15 is 0 Å². The molecule has 2 aromatic carbocycles. The van der Waals surface area contributed by atoms with E-state index in [0.717, 1.165) is 28.7 Å². The van der Waals surface area contributed by atoms with E-state index in [2.05, 4.69) is 5.32 Å². The van der Waals surface area contributed by atoms with Crippen LogP contribution in [0.4, 0.5) is 11.4 Å². The van der Waals surface area contributed by atoms with Gasteiger partial charge in [0.25, 0.3) is 0 Å². The van der Waals surface area contributed by atoms with Crippen molar-refractivity contribution < 1.29 is 4.79 Å². The van der Waals surface area contributed by atoms with Crippen molar-refractivity contribution in [1.29, 1.82) is 5.41 Å². The first-order valence-corrected chi connectivity index (χ1v) is 5.87. The maximum atomic E-state index is 11.1. The van der Waals surface area contributed by atoms with E-state index in [1.807, 2.05) is 24.3 Å². The van der Waals surface area contributed by atoms with E-state index in [1.54, 1.807) is 19.2 Å². The molecule has 96 valence electrons. The van der Waals surface area contributed by atoms with Crippen LogP contribution in [-0.4, -0.2) is 19.5 Å². The predicted molar refractivity (Wildman–Crippen MR) is 79.1 cm³/mol. The van der Waals surface area contributed by atoms with Gasteiger partial charge in [0.15, 0.2) is 6.29 Å². The summed E-state index contributed by atoms with van der Waals surface area (Å²) in [5.74, 6) is 0. The highest BCUT2D eigenvalue weighted by Crippen LogP contribution is 2.28. The number of hydrogen-bond donors (Lipinski definition) is 3. The van der Waals surface area contributed by atoms with Gasteiger partial charge in [0.05, 0.1) is 0 Å². The summed E-state index contributed by atoms with van der Waals surface area (Å²) in [4.78, 5) is 11.1. The van der Waals surface area contributed by atoms with Gasteiger partial charge in [-0.1, -0.05) is 18.2 Å². The molecule has 0 fully saturated rings. The molecule has 0 aliphatic carbocycles. The summed E-state index contributed by atoms with van der Waals surface area (Å²) in [7, 11) is 1.80. The first-order valence-electron chi connectivity index (χ1n) is 5.87. The normalized spacial score (nSPS) is 9.95. The Morgan fingerprint density at radius 2 is 1.95 bits per heavy atom. The third-order valence-corrected chi connectivity index (χ3v) is 2.99. The molecule has 0 saturated carbocycles. The zero-order valence-electron chi connectivity index (χ0n) is 10.6. The molecular formula is C15H15N3O. The number of carbonyl (C=O) groups is 1. The average Bonchev–Trinajstić information content (AvgIpc) is 2.46. The molecule has 0 heterocycles. The van der Waals surface area contributed by atoms with Crippen molar-refractivity contribution in [1.82, 2.24) is 0 Å². The standard InChI is InChI=1S/C15H15N3O/c1-18-15-7-10(2-3-11(15)8-16)14-5-4-13(17)6-12(14)9-19/h2-9,16,18H,17H2,1H3. The number of nitrogens with one attached hydrogen (secondary N) is 2. The Bertz CT molecular complexity index is 635. The molecule has 0 radical (unpaired) electrons. The lowest BCUT2D eigenvalue weighted by atomic mass is 9.98. The summed E-state index contributed by atoms with van der Waals surface area (Å²) in [6.45, 7) is 0. The smallest absolute Gasteiger partial charge is 0.150 e. The molecule has 0 amide bonds. The maximum Gasteiger partial charge on any atom is 0.150 e. The Labute approximate surface area is 111 Å². The predicted octanol–water partition coefficient (Wildman–Crippen LogP) is 2.79.